The zero-order valence-electron chi connectivity index (χ0n) is 17.8. The third-order valence-corrected chi connectivity index (χ3v) is 8.11. The molecular weight excluding hydrogens is 420 g/mol. The smallest absolute Gasteiger partial charge is 0.267 e. The van der Waals surface area contributed by atoms with Crippen LogP contribution in [0, 0.1) is 6.92 Å². The van der Waals surface area contributed by atoms with E-state index in [4.69, 9.17) is 4.98 Å². The summed E-state index contributed by atoms with van der Waals surface area (Å²) >= 11 is 3.43. The van der Waals surface area contributed by atoms with Gasteiger partial charge < -0.3 is 0 Å². The molecule has 158 valence electrons. The molecule has 3 nitrogen and oxygen atoms in total. The maximum Gasteiger partial charge on any atom is 0.267 e. The molecule has 31 heavy (non-hydrogen) atoms. The van der Waals surface area contributed by atoms with Gasteiger partial charge in [-0.1, -0.05) is 54.2 Å². The molecule has 0 fully saturated rings. The van der Waals surface area contributed by atoms with Crippen molar-refractivity contribution in [1.29, 1.82) is 0 Å². The average Bonchev–Trinajstić information content (AvgIpc) is 3.16. The summed E-state index contributed by atoms with van der Waals surface area (Å²) in [6.07, 6.45) is 6.56. The molecular formula is C26H26N2OS2. The number of thiophene rings is 1. The molecule has 0 spiro atoms. The third-order valence-electron chi connectivity index (χ3n) is 5.90. The maximum absolute atomic E-state index is 13.8. The summed E-state index contributed by atoms with van der Waals surface area (Å²) in [6, 6.07) is 18.8. The van der Waals surface area contributed by atoms with Crippen LogP contribution in [0.3, 0.4) is 0 Å². The van der Waals surface area contributed by atoms with Crippen LogP contribution in [0.2, 0.25) is 0 Å². The molecule has 1 aliphatic rings. The van der Waals surface area contributed by atoms with E-state index in [0.29, 0.717) is 0 Å². The van der Waals surface area contributed by atoms with Gasteiger partial charge in [-0.2, -0.15) is 0 Å². The molecule has 2 aromatic heterocycles. The largest absolute Gasteiger partial charge is 0.268 e. The van der Waals surface area contributed by atoms with Crippen molar-refractivity contribution in [1.82, 2.24) is 9.55 Å². The second kappa shape index (κ2) is 9.01. The number of aromatic nitrogens is 2. The molecule has 4 aromatic rings. The Hall–Kier alpha value is -2.37. The second-order valence-electron chi connectivity index (χ2n) is 8.20. The lowest BCUT2D eigenvalue weighted by molar-refractivity contribution is 0.699. The highest BCUT2D eigenvalue weighted by Gasteiger charge is 2.22. The van der Waals surface area contributed by atoms with Crippen molar-refractivity contribution in [2.45, 2.75) is 50.6 Å². The van der Waals surface area contributed by atoms with E-state index in [2.05, 4.69) is 49.4 Å². The molecule has 0 bridgehead atoms. The number of nitrogens with zero attached hydrogens (tertiary/aromatic N) is 2. The van der Waals surface area contributed by atoms with E-state index in [9.17, 15) is 4.79 Å². The first-order chi connectivity index (χ1) is 15.2. The van der Waals surface area contributed by atoms with Gasteiger partial charge in [-0.05, 0) is 74.3 Å². The molecule has 2 aromatic carbocycles. The molecule has 0 saturated heterocycles. The van der Waals surface area contributed by atoms with Crippen LogP contribution in [-0.4, -0.2) is 15.3 Å². The fourth-order valence-corrected chi connectivity index (χ4v) is 6.62. The molecule has 5 rings (SSSR count). The van der Waals surface area contributed by atoms with Gasteiger partial charge >= 0.3 is 0 Å². The standard InChI is InChI=1S/C26H26N2OS2/c1-18-9-7-13-20(17-18)28-25(29)23-21-14-5-6-15-22(21)31-24(23)27-26(28)30-16-8-12-19-10-3-2-4-11-19/h2-4,7,9-11,13,17H,5-6,8,12,14-16H2,1H3. The van der Waals surface area contributed by atoms with E-state index in [1.807, 2.05) is 16.7 Å². The first kappa shape index (κ1) is 20.5. The van der Waals surface area contributed by atoms with E-state index < -0.39 is 0 Å². The van der Waals surface area contributed by atoms with Crippen LogP contribution < -0.4 is 5.56 Å². The predicted molar refractivity (Wildman–Crippen MR) is 132 cm³/mol. The summed E-state index contributed by atoms with van der Waals surface area (Å²) in [6.45, 7) is 2.07. The van der Waals surface area contributed by atoms with Gasteiger partial charge in [-0.3, -0.25) is 9.36 Å². The van der Waals surface area contributed by atoms with Gasteiger partial charge in [0.05, 0.1) is 11.1 Å². The van der Waals surface area contributed by atoms with E-state index in [1.54, 1.807) is 23.1 Å². The van der Waals surface area contributed by atoms with Crippen LogP contribution in [0.1, 0.15) is 40.8 Å². The fraction of sp³-hybridized carbons (Fsp3) is 0.308. The van der Waals surface area contributed by atoms with E-state index in [-0.39, 0.29) is 5.56 Å². The number of fused-ring (bicyclic) bond motifs is 3. The van der Waals surface area contributed by atoms with Crippen LogP contribution in [-0.2, 0) is 19.3 Å². The van der Waals surface area contributed by atoms with E-state index >= 15 is 0 Å². The molecule has 0 amide bonds. The van der Waals surface area contributed by atoms with Gasteiger partial charge in [0.2, 0.25) is 0 Å². The topological polar surface area (TPSA) is 34.9 Å². The zero-order valence-corrected chi connectivity index (χ0v) is 19.4. The van der Waals surface area contributed by atoms with Gasteiger partial charge in [-0.25, -0.2) is 4.98 Å². The highest BCUT2D eigenvalue weighted by Crippen LogP contribution is 2.35. The Bertz CT molecular complexity index is 1270. The minimum Gasteiger partial charge on any atom is -0.268 e. The third kappa shape index (κ3) is 4.21. The Balaban J connectivity index is 1.52. The summed E-state index contributed by atoms with van der Waals surface area (Å²) in [5.74, 6) is 0.934. The van der Waals surface area contributed by atoms with Gasteiger partial charge in [-0.15, -0.1) is 11.3 Å². The number of thioether (sulfide) groups is 1. The Morgan fingerprint density at radius 2 is 1.90 bits per heavy atom. The number of hydrogen-bond donors (Lipinski definition) is 0. The number of aryl methyl sites for hydroxylation is 4. The minimum absolute atomic E-state index is 0.0977. The Morgan fingerprint density at radius 3 is 2.74 bits per heavy atom. The van der Waals surface area contributed by atoms with Crippen LogP contribution in [0.25, 0.3) is 15.9 Å². The Labute approximate surface area is 191 Å². The van der Waals surface area contributed by atoms with E-state index in [0.717, 1.165) is 58.1 Å². The predicted octanol–water partition coefficient (Wildman–Crippen LogP) is 6.36. The molecule has 2 heterocycles. The molecule has 0 N–H and O–H groups in total. The lowest BCUT2D eigenvalue weighted by Gasteiger charge is -2.14. The van der Waals surface area contributed by atoms with Gasteiger partial charge in [0.1, 0.15) is 4.83 Å². The zero-order chi connectivity index (χ0) is 21.2. The van der Waals surface area contributed by atoms with Crippen LogP contribution >= 0.6 is 23.1 Å². The summed E-state index contributed by atoms with van der Waals surface area (Å²) in [4.78, 5) is 21.1. The molecule has 0 aliphatic heterocycles. The van der Waals surface area contributed by atoms with Crippen LogP contribution in [0.4, 0.5) is 0 Å². The summed E-state index contributed by atoms with van der Waals surface area (Å²) < 4.78 is 1.85. The van der Waals surface area contributed by atoms with Crippen molar-refractivity contribution < 1.29 is 0 Å². The monoisotopic (exact) mass is 446 g/mol. The highest BCUT2D eigenvalue weighted by molar-refractivity contribution is 7.99. The molecule has 0 unspecified atom stereocenters. The lowest BCUT2D eigenvalue weighted by atomic mass is 9.97. The van der Waals surface area contributed by atoms with Crippen molar-refractivity contribution in [3.63, 3.8) is 0 Å². The van der Waals surface area contributed by atoms with Crippen LogP contribution in [0.15, 0.2) is 64.5 Å². The van der Waals surface area contributed by atoms with Crippen LogP contribution in [0.5, 0.6) is 0 Å². The maximum atomic E-state index is 13.8. The van der Waals surface area contributed by atoms with Crippen molar-refractivity contribution in [3.8, 4) is 5.69 Å². The van der Waals surface area contributed by atoms with Crippen molar-refractivity contribution in [2.75, 3.05) is 5.75 Å². The average molecular weight is 447 g/mol. The molecule has 1 aliphatic carbocycles. The second-order valence-corrected chi connectivity index (χ2v) is 10.3. The van der Waals surface area contributed by atoms with E-state index in [1.165, 1.54) is 28.8 Å². The van der Waals surface area contributed by atoms with Crippen molar-refractivity contribution in [3.05, 3.63) is 86.5 Å². The number of hydrogen-bond acceptors (Lipinski definition) is 4. The number of benzene rings is 2. The minimum atomic E-state index is 0.0977. The van der Waals surface area contributed by atoms with Gasteiger partial charge in [0.15, 0.2) is 5.16 Å². The normalized spacial score (nSPS) is 13.5. The Morgan fingerprint density at radius 1 is 1.06 bits per heavy atom. The highest BCUT2D eigenvalue weighted by atomic mass is 32.2. The first-order valence-corrected chi connectivity index (χ1v) is 12.8. The van der Waals surface area contributed by atoms with Crippen molar-refractivity contribution in [2.24, 2.45) is 0 Å². The molecule has 5 heteroatoms. The molecule has 0 atom stereocenters. The van der Waals surface area contributed by atoms with Gasteiger partial charge in [0.25, 0.3) is 5.56 Å². The quantitative estimate of drug-likeness (QED) is 0.196. The summed E-state index contributed by atoms with van der Waals surface area (Å²) in [5.41, 5.74) is 4.78. The molecule has 0 saturated carbocycles. The van der Waals surface area contributed by atoms with Gasteiger partial charge in [0, 0.05) is 10.6 Å². The fourth-order valence-electron chi connectivity index (χ4n) is 4.36. The lowest BCUT2D eigenvalue weighted by Crippen LogP contribution is -2.22. The first-order valence-electron chi connectivity index (χ1n) is 11.0. The summed E-state index contributed by atoms with van der Waals surface area (Å²) in [5, 5.41) is 1.67. The molecule has 0 radical (unpaired) electrons. The number of rotatable bonds is 6. The SMILES string of the molecule is Cc1cccc(-n2c(SCCCc3ccccc3)nc3sc4c(c3c2=O)CCCC4)c1. The Kier molecular flexibility index (Phi) is 5.97. The summed E-state index contributed by atoms with van der Waals surface area (Å²) in [7, 11) is 0. The van der Waals surface area contributed by atoms with Crippen molar-refractivity contribution >= 4 is 33.3 Å².